The van der Waals surface area contributed by atoms with E-state index in [0.29, 0.717) is 19.7 Å². The predicted octanol–water partition coefficient (Wildman–Crippen LogP) is 3.31. The summed E-state index contributed by atoms with van der Waals surface area (Å²) in [5.74, 6) is 0.767. The van der Waals surface area contributed by atoms with Crippen molar-refractivity contribution in [1.82, 2.24) is 4.31 Å². The van der Waals surface area contributed by atoms with Gasteiger partial charge in [0.2, 0.25) is 10.0 Å². The summed E-state index contributed by atoms with van der Waals surface area (Å²) in [6, 6.07) is 9.75. The molecule has 0 spiro atoms. The Labute approximate surface area is 159 Å². The maximum Gasteiger partial charge on any atom is 0.211 e. The van der Waals surface area contributed by atoms with Gasteiger partial charge in [0.15, 0.2) is 0 Å². The first-order valence-electron chi connectivity index (χ1n) is 8.80. The van der Waals surface area contributed by atoms with E-state index >= 15 is 0 Å². The summed E-state index contributed by atoms with van der Waals surface area (Å²) in [4.78, 5) is 0. The fourth-order valence-corrected chi connectivity index (χ4v) is 4.52. The fourth-order valence-electron chi connectivity index (χ4n) is 2.99. The van der Waals surface area contributed by atoms with Crippen LogP contribution in [0.2, 0.25) is 0 Å². The summed E-state index contributed by atoms with van der Waals surface area (Å²) >= 11 is 1.68. The molecule has 1 fully saturated rings. The minimum absolute atomic E-state index is 0.00484. The molecule has 0 radical (unpaired) electrons. The molecule has 0 bridgehead atoms. The smallest absolute Gasteiger partial charge is 0.211 e. The van der Waals surface area contributed by atoms with Crippen molar-refractivity contribution in [3.8, 4) is 5.75 Å². The van der Waals surface area contributed by atoms with Crippen LogP contribution in [0.3, 0.4) is 0 Å². The second-order valence-electron chi connectivity index (χ2n) is 6.57. The van der Waals surface area contributed by atoms with E-state index in [1.165, 1.54) is 16.1 Å². The van der Waals surface area contributed by atoms with Crippen LogP contribution in [-0.2, 0) is 27.7 Å². The molecule has 1 aromatic heterocycles. The Kier molecular flexibility index (Phi) is 6.69. The molecule has 0 N–H and O–H groups in total. The van der Waals surface area contributed by atoms with Crippen LogP contribution in [0.1, 0.15) is 24.0 Å². The number of rotatable bonds is 9. The first kappa shape index (κ1) is 19.4. The van der Waals surface area contributed by atoms with Crippen molar-refractivity contribution in [2.24, 2.45) is 0 Å². The lowest BCUT2D eigenvalue weighted by molar-refractivity contribution is 0.0927. The Hall–Kier alpha value is -1.41. The van der Waals surface area contributed by atoms with Gasteiger partial charge in [0.25, 0.3) is 0 Å². The molecule has 142 valence electrons. The second-order valence-corrected chi connectivity index (χ2v) is 9.33. The molecule has 26 heavy (non-hydrogen) atoms. The molecule has 2 heterocycles. The Morgan fingerprint density at radius 2 is 2.19 bits per heavy atom. The van der Waals surface area contributed by atoms with Gasteiger partial charge in [-0.15, -0.1) is 0 Å². The molecule has 0 saturated carbocycles. The van der Waals surface area contributed by atoms with Crippen molar-refractivity contribution in [3.05, 3.63) is 52.2 Å². The fraction of sp³-hybridized carbons (Fsp3) is 0.474. The van der Waals surface area contributed by atoms with Gasteiger partial charge >= 0.3 is 0 Å². The van der Waals surface area contributed by atoms with Crippen molar-refractivity contribution in [2.75, 3.05) is 26.0 Å². The third-order valence-electron chi connectivity index (χ3n) is 4.40. The lowest BCUT2D eigenvalue weighted by Crippen LogP contribution is -2.36. The van der Waals surface area contributed by atoms with Crippen LogP contribution >= 0.6 is 11.3 Å². The number of nitrogens with zero attached hydrogens (tertiary/aromatic N) is 1. The van der Waals surface area contributed by atoms with E-state index in [2.05, 4.69) is 16.8 Å². The number of benzene rings is 1. The van der Waals surface area contributed by atoms with Crippen LogP contribution in [0.5, 0.6) is 5.75 Å². The third-order valence-corrected chi connectivity index (χ3v) is 6.35. The molecule has 1 saturated heterocycles. The van der Waals surface area contributed by atoms with Gasteiger partial charge < -0.3 is 9.47 Å². The van der Waals surface area contributed by atoms with E-state index in [1.807, 2.05) is 24.3 Å². The Morgan fingerprint density at radius 1 is 1.31 bits per heavy atom. The molecule has 3 rings (SSSR count). The molecule has 0 amide bonds. The number of ether oxygens (including phenoxy) is 2. The number of sulfonamides is 1. The molecule has 0 aliphatic carbocycles. The number of hydrogen-bond acceptors (Lipinski definition) is 5. The third kappa shape index (κ3) is 5.81. The van der Waals surface area contributed by atoms with Crippen LogP contribution in [0.4, 0.5) is 0 Å². The van der Waals surface area contributed by atoms with Crippen LogP contribution in [0.15, 0.2) is 41.1 Å². The lowest BCUT2D eigenvalue weighted by Gasteiger charge is -2.23. The van der Waals surface area contributed by atoms with Gasteiger partial charge in [-0.2, -0.15) is 15.6 Å². The molecule has 1 aliphatic rings. The lowest BCUT2D eigenvalue weighted by atomic mass is 10.2. The standard InChI is InChI=1S/C19H25NO4S2/c1-26(21,22)20(14-19-6-3-9-23-19)13-17-4-2-5-18(12-17)24-10-7-16-8-11-25-15-16/h2,4-5,8,11-12,15,19H,3,6-7,9-10,13-14H2,1H3/t19-/m1/s1. The molecule has 5 nitrogen and oxygen atoms in total. The van der Waals surface area contributed by atoms with E-state index in [0.717, 1.165) is 37.2 Å². The minimum Gasteiger partial charge on any atom is -0.493 e. The van der Waals surface area contributed by atoms with E-state index in [1.54, 1.807) is 11.3 Å². The SMILES string of the molecule is CS(=O)(=O)N(Cc1cccc(OCCc2ccsc2)c1)C[C@H]1CCCO1. The van der Waals surface area contributed by atoms with Crippen LogP contribution in [-0.4, -0.2) is 44.8 Å². The van der Waals surface area contributed by atoms with E-state index < -0.39 is 10.0 Å². The molecule has 7 heteroatoms. The largest absolute Gasteiger partial charge is 0.493 e. The predicted molar refractivity (Wildman–Crippen MR) is 104 cm³/mol. The minimum atomic E-state index is -3.30. The molecule has 1 atom stereocenters. The van der Waals surface area contributed by atoms with Crippen molar-refractivity contribution < 1.29 is 17.9 Å². The van der Waals surface area contributed by atoms with E-state index in [-0.39, 0.29) is 6.10 Å². The van der Waals surface area contributed by atoms with Crippen molar-refractivity contribution in [2.45, 2.75) is 31.9 Å². The van der Waals surface area contributed by atoms with Crippen molar-refractivity contribution in [3.63, 3.8) is 0 Å². The number of thiophene rings is 1. The van der Waals surface area contributed by atoms with Gasteiger partial charge in [0.05, 0.1) is 19.0 Å². The normalized spacial score (nSPS) is 17.7. The quantitative estimate of drug-likeness (QED) is 0.654. The summed E-state index contributed by atoms with van der Waals surface area (Å²) in [6.45, 7) is 2.06. The van der Waals surface area contributed by atoms with Gasteiger partial charge in [-0.25, -0.2) is 8.42 Å². The highest BCUT2D eigenvalue weighted by Crippen LogP contribution is 2.20. The molecular weight excluding hydrogens is 370 g/mol. The molecule has 1 aromatic carbocycles. The Morgan fingerprint density at radius 3 is 2.88 bits per heavy atom. The average Bonchev–Trinajstić information content (AvgIpc) is 3.27. The zero-order chi connectivity index (χ0) is 18.4. The molecule has 1 aliphatic heterocycles. The summed E-state index contributed by atoms with van der Waals surface area (Å²) in [5.41, 5.74) is 2.19. The highest BCUT2D eigenvalue weighted by atomic mass is 32.2. The molecule has 0 unspecified atom stereocenters. The molecule has 2 aromatic rings. The zero-order valence-electron chi connectivity index (χ0n) is 15.0. The zero-order valence-corrected chi connectivity index (χ0v) is 16.6. The van der Waals surface area contributed by atoms with Crippen molar-refractivity contribution in [1.29, 1.82) is 0 Å². The second kappa shape index (κ2) is 8.99. The summed E-state index contributed by atoms with van der Waals surface area (Å²) in [7, 11) is -3.30. The Bertz CT molecular complexity index is 784. The summed E-state index contributed by atoms with van der Waals surface area (Å²) in [6.07, 6.45) is 4.02. The first-order chi connectivity index (χ1) is 12.5. The van der Waals surface area contributed by atoms with Crippen LogP contribution < -0.4 is 4.74 Å². The van der Waals surface area contributed by atoms with Gasteiger partial charge in [-0.3, -0.25) is 0 Å². The van der Waals surface area contributed by atoms with Gasteiger partial charge in [-0.05, 0) is 52.9 Å². The maximum atomic E-state index is 12.2. The van der Waals surface area contributed by atoms with Gasteiger partial charge in [-0.1, -0.05) is 12.1 Å². The highest BCUT2D eigenvalue weighted by Gasteiger charge is 2.24. The summed E-state index contributed by atoms with van der Waals surface area (Å²) < 4.78 is 37.2. The Balaban J connectivity index is 1.59. The number of hydrogen-bond donors (Lipinski definition) is 0. The first-order valence-corrected chi connectivity index (χ1v) is 11.6. The van der Waals surface area contributed by atoms with Crippen LogP contribution in [0.25, 0.3) is 0 Å². The maximum absolute atomic E-state index is 12.2. The highest BCUT2D eigenvalue weighted by molar-refractivity contribution is 7.88. The van der Waals surface area contributed by atoms with Crippen LogP contribution in [0, 0.1) is 0 Å². The average molecular weight is 396 g/mol. The van der Waals surface area contributed by atoms with E-state index in [9.17, 15) is 8.42 Å². The van der Waals surface area contributed by atoms with Gasteiger partial charge in [0, 0.05) is 26.1 Å². The molecular formula is C19H25NO4S2. The van der Waals surface area contributed by atoms with E-state index in [4.69, 9.17) is 9.47 Å². The monoisotopic (exact) mass is 395 g/mol. The van der Waals surface area contributed by atoms with Gasteiger partial charge in [0.1, 0.15) is 5.75 Å². The van der Waals surface area contributed by atoms with Crippen molar-refractivity contribution >= 4 is 21.4 Å². The topological polar surface area (TPSA) is 55.8 Å². The summed E-state index contributed by atoms with van der Waals surface area (Å²) in [5, 5.41) is 4.18.